The smallest absolute Gasteiger partial charge is 0.263 e. The predicted octanol–water partition coefficient (Wildman–Crippen LogP) is 4.15. The van der Waals surface area contributed by atoms with Crippen LogP contribution >= 0.6 is 34.8 Å². The monoisotopic (exact) mass is 350 g/mol. The van der Waals surface area contributed by atoms with Gasteiger partial charge in [0.25, 0.3) is 10.0 Å². The van der Waals surface area contributed by atoms with Gasteiger partial charge < -0.3 is 0 Å². The Morgan fingerprint density at radius 3 is 2.50 bits per heavy atom. The fraction of sp³-hybridized carbons (Fsp3) is 0.0833. The van der Waals surface area contributed by atoms with Crippen LogP contribution in [-0.2, 0) is 10.0 Å². The molecule has 0 amide bonds. The van der Waals surface area contributed by atoms with Gasteiger partial charge in [0, 0.05) is 11.2 Å². The maximum atomic E-state index is 12.2. The minimum Gasteiger partial charge on any atom is -0.279 e. The van der Waals surface area contributed by atoms with Gasteiger partial charge in [-0.15, -0.1) is 0 Å². The first-order valence-electron chi connectivity index (χ1n) is 5.40. The first-order chi connectivity index (χ1) is 9.31. The van der Waals surface area contributed by atoms with Gasteiger partial charge in [0.05, 0.1) is 10.7 Å². The molecule has 0 aliphatic carbocycles. The highest BCUT2D eigenvalue weighted by atomic mass is 35.5. The quantitative estimate of drug-likeness (QED) is 0.845. The molecule has 1 N–H and O–H groups in total. The number of sulfonamides is 1. The lowest BCUT2D eigenvalue weighted by Crippen LogP contribution is -2.14. The minimum atomic E-state index is -3.81. The lowest BCUT2D eigenvalue weighted by molar-refractivity contribution is 0.601. The highest BCUT2D eigenvalue weighted by Gasteiger charge is 2.17. The lowest BCUT2D eigenvalue weighted by atomic mass is 10.2. The van der Waals surface area contributed by atoms with Crippen molar-refractivity contribution in [1.82, 2.24) is 4.98 Å². The van der Waals surface area contributed by atoms with E-state index in [2.05, 4.69) is 9.71 Å². The molecule has 2 rings (SSSR count). The first kappa shape index (κ1) is 15.4. The highest BCUT2D eigenvalue weighted by molar-refractivity contribution is 7.92. The van der Waals surface area contributed by atoms with E-state index >= 15 is 0 Å². The topological polar surface area (TPSA) is 59.1 Å². The SMILES string of the molecule is Cc1c(Cl)cccc1NS(=O)(=O)c1cnc(Cl)c(Cl)c1. The second-order valence-corrected chi connectivity index (χ2v) is 6.82. The third-order valence-electron chi connectivity index (χ3n) is 2.59. The van der Waals surface area contributed by atoms with Crippen molar-refractivity contribution in [2.24, 2.45) is 0 Å². The second-order valence-electron chi connectivity index (χ2n) is 3.96. The molecule has 0 saturated carbocycles. The van der Waals surface area contributed by atoms with E-state index in [1.54, 1.807) is 25.1 Å². The van der Waals surface area contributed by atoms with Gasteiger partial charge in [-0.25, -0.2) is 13.4 Å². The van der Waals surface area contributed by atoms with Crippen LogP contribution in [0, 0.1) is 6.92 Å². The number of hydrogen-bond acceptors (Lipinski definition) is 3. The molecule has 8 heteroatoms. The highest BCUT2D eigenvalue weighted by Crippen LogP contribution is 2.27. The van der Waals surface area contributed by atoms with Crippen LogP contribution in [-0.4, -0.2) is 13.4 Å². The Labute approximate surface area is 131 Å². The molecular weight excluding hydrogens is 343 g/mol. The Kier molecular flexibility index (Phi) is 4.44. The van der Waals surface area contributed by atoms with Gasteiger partial charge in [0.2, 0.25) is 0 Å². The molecule has 20 heavy (non-hydrogen) atoms. The summed E-state index contributed by atoms with van der Waals surface area (Å²) in [7, 11) is -3.81. The maximum Gasteiger partial charge on any atom is 0.263 e. The number of nitrogens with zero attached hydrogens (tertiary/aromatic N) is 1. The Morgan fingerprint density at radius 2 is 1.85 bits per heavy atom. The van der Waals surface area contributed by atoms with Crippen LogP contribution in [0.25, 0.3) is 0 Å². The number of nitrogens with one attached hydrogen (secondary N) is 1. The largest absolute Gasteiger partial charge is 0.279 e. The Bertz CT molecular complexity index is 763. The molecule has 0 aliphatic heterocycles. The number of hydrogen-bond donors (Lipinski definition) is 1. The number of benzene rings is 1. The van der Waals surface area contributed by atoms with Gasteiger partial charge in [0.15, 0.2) is 0 Å². The minimum absolute atomic E-state index is 0.0459. The van der Waals surface area contributed by atoms with Crippen molar-refractivity contribution in [3.8, 4) is 0 Å². The van der Waals surface area contributed by atoms with Crippen molar-refractivity contribution in [3.05, 3.63) is 51.2 Å². The molecular formula is C12H9Cl3N2O2S. The first-order valence-corrected chi connectivity index (χ1v) is 8.02. The molecule has 1 heterocycles. The molecule has 0 saturated heterocycles. The average molecular weight is 352 g/mol. The van der Waals surface area contributed by atoms with E-state index in [-0.39, 0.29) is 15.1 Å². The molecule has 1 aromatic carbocycles. The summed E-state index contributed by atoms with van der Waals surface area (Å²) in [4.78, 5) is 3.64. The number of halogens is 3. The van der Waals surface area contributed by atoms with E-state index in [0.29, 0.717) is 16.3 Å². The van der Waals surface area contributed by atoms with Crippen molar-refractivity contribution in [1.29, 1.82) is 0 Å². The molecule has 4 nitrogen and oxygen atoms in total. The molecule has 0 fully saturated rings. The summed E-state index contributed by atoms with van der Waals surface area (Å²) in [5.41, 5.74) is 1.02. The average Bonchev–Trinajstić information content (AvgIpc) is 2.38. The number of rotatable bonds is 3. The lowest BCUT2D eigenvalue weighted by Gasteiger charge is -2.11. The number of anilines is 1. The van der Waals surface area contributed by atoms with Gasteiger partial charge in [-0.3, -0.25) is 4.72 Å². The van der Waals surface area contributed by atoms with E-state index in [0.717, 1.165) is 6.20 Å². The van der Waals surface area contributed by atoms with Crippen molar-refractivity contribution in [2.75, 3.05) is 4.72 Å². The van der Waals surface area contributed by atoms with Crippen LogP contribution in [0.4, 0.5) is 5.69 Å². The molecule has 0 atom stereocenters. The Balaban J connectivity index is 2.41. The van der Waals surface area contributed by atoms with Crippen molar-refractivity contribution < 1.29 is 8.42 Å². The van der Waals surface area contributed by atoms with Crippen molar-refractivity contribution >= 4 is 50.5 Å². The van der Waals surface area contributed by atoms with E-state index in [1.165, 1.54) is 6.07 Å². The normalized spacial score (nSPS) is 11.4. The summed E-state index contributed by atoms with van der Waals surface area (Å²) < 4.78 is 26.9. The van der Waals surface area contributed by atoms with Crippen LogP contribution in [0.2, 0.25) is 15.2 Å². The number of pyridine rings is 1. The van der Waals surface area contributed by atoms with Crippen molar-refractivity contribution in [3.63, 3.8) is 0 Å². The van der Waals surface area contributed by atoms with Crippen LogP contribution in [0.15, 0.2) is 35.4 Å². The molecule has 0 spiro atoms. The Morgan fingerprint density at radius 1 is 1.15 bits per heavy atom. The van der Waals surface area contributed by atoms with Crippen molar-refractivity contribution in [2.45, 2.75) is 11.8 Å². The fourth-order valence-corrected chi connectivity index (χ4v) is 3.07. The maximum absolute atomic E-state index is 12.2. The zero-order valence-electron chi connectivity index (χ0n) is 10.2. The summed E-state index contributed by atoms with van der Waals surface area (Å²) in [5, 5.41) is 0.583. The van der Waals surface area contributed by atoms with E-state index < -0.39 is 10.0 Å². The van der Waals surface area contributed by atoms with Crippen LogP contribution < -0.4 is 4.72 Å². The van der Waals surface area contributed by atoms with Crippen LogP contribution in [0.3, 0.4) is 0 Å². The third kappa shape index (κ3) is 3.17. The molecule has 0 unspecified atom stereocenters. The molecule has 0 aliphatic rings. The summed E-state index contributed by atoms with van der Waals surface area (Å²) in [6, 6.07) is 6.18. The summed E-state index contributed by atoms with van der Waals surface area (Å²) >= 11 is 17.4. The summed E-state index contributed by atoms with van der Waals surface area (Å²) in [5.74, 6) is 0. The Hall–Kier alpha value is -1.01. The summed E-state index contributed by atoms with van der Waals surface area (Å²) in [6.07, 6.45) is 1.14. The van der Waals surface area contributed by atoms with Gasteiger partial charge in [-0.05, 0) is 30.7 Å². The van der Waals surface area contributed by atoms with Gasteiger partial charge in [-0.2, -0.15) is 0 Å². The fourth-order valence-electron chi connectivity index (χ4n) is 1.47. The molecule has 0 bridgehead atoms. The molecule has 2 aromatic rings. The second kappa shape index (κ2) is 5.77. The molecule has 1 aromatic heterocycles. The zero-order valence-corrected chi connectivity index (χ0v) is 13.3. The van der Waals surface area contributed by atoms with Gasteiger partial charge in [-0.1, -0.05) is 40.9 Å². The number of aromatic nitrogens is 1. The van der Waals surface area contributed by atoms with E-state index in [9.17, 15) is 8.42 Å². The van der Waals surface area contributed by atoms with Gasteiger partial charge in [0.1, 0.15) is 10.0 Å². The zero-order chi connectivity index (χ0) is 14.9. The van der Waals surface area contributed by atoms with Crippen LogP contribution in [0.5, 0.6) is 0 Å². The van der Waals surface area contributed by atoms with E-state index in [4.69, 9.17) is 34.8 Å². The standard InChI is InChI=1S/C12H9Cl3N2O2S/c1-7-9(13)3-2-4-11(7)17-20(18,19)8-5-10(14)12(15)16-6-8/h2-6,17H,1H3. The molecule has 0 radical (unpaired) electrons. The predicted molar refractivity (Wildman–Crippen MR) is 81.3 cm³/mol. The molecule has 106 valence electrons. The summed E-state index contributed by atoms with van der Waals surface area (Å²) in [6.45, 7) is 1.72. The van der Waals surface area contributed by atoms with E-state index in [1.807, 2.05) is 0 Å². The third-order valence-corrected chi connectivity index (χ3v) is 5.02. The van der Waals surface area contributed by atoms with Crippen LogP contribution in [0.1, 0.15) is 5.56 Å². The van der Waals surface area contributed by atoms with Gasteiger partial charge >= 0.3 is 0 Å².